The third kappa shape index (κ3) is 34.4. The van der Waals surface area contributed by atoms with Gasteiger partial charge in [-0.15, -0.1) is 0 Å². The maximum absolute atomic E-state index is 12.1. The highest BCUT2D eigenvalue weighted by molar-refractivity contribution is 7.45. The van der Waals surface area contributed by atoms with Crippen molar-refractivity contribution < 1.29 is 37.3 Å². The van der Waals surface area contributed by atoms with Gasteiger partial charge in [-0.1, -0.05) is 122 Å². The number of likely N-dealkylation sites (N-methyl/N-ethyl adjacent to an activating group) is 1. The number of quaternary nitrogens is 1. The first-order valence-corrected chi connectivity index (χ1v) is 19.9. The molecule has 0 fully saturated rings. The number of phosphoric ester groups is 1. The molecule has 45 heavy (non-hydrogen) atoms. The monoisotopic (exact) mass is 662 g/mol. The van der Waals surface area contributed by atoms with Crippen LogP contribution in [0.4, 0.5) is 0 Å². The Morgan fingerprint density at radius 3 is 1.64 bits per heavy atom. The molecule has 0 radical (unpaired) electrons. The zero-order valence-electron chi connectivity index (χ0n) is 30.1. The summed E-state index contributed by atoms with van der Waals surface area (Å²) in [5.41, 5.74) is 0. The topological polar surface area (TPSA) is 94.1 Å². The van der Waals surface area contributed by atoms with Crippen LogP contribution < -0.4 is 4.89 Å². The van der Waals surface area contributed by atoms with Crippen LogP contribution in [0.2, 0.25) is 0 Å². The number of hydrogen-bond donors (Lipinski definition) is 0. The van der Waals surface area contributed by atoms with Gasteiger partial charge in [-0.05, 0) is 38.5 Å². The molecule has 0 heterocycles. The minimum Gasteiger partial charge on any atom is -0.756 e. The summed E-state index contributed by atoms with van der Waals surface area (Å²) in [6, 6.07) is 0. The third-order valence-electron chi connectivity index (χ3n) is 7.79. The zero-order chi connectivity index (χ0) is 33.5. The van der Waals surface area contributed by atoms with E-state index in [9.17, 15) is 14.3 Å². The van der Waals surface area contributed by atoms with Crippen LogP contribution >= 0.6 is 7.82 Å². The van der Waals surface area contributed by atoms with Crippen molar-refractivity contribution in [3.63, 3.8) is 0 Å². The molecular weight excluding hydrogens is 589 g/mol. The number of unbranched alkanes of at least 4 members (excludes halogenated alkanes) is 18. The quantitative estimate of drug-likeness (QED) is 0.0223. The Bertz CT molecular complexity index is 741. The number of rotatable bonds is 34. The van der Waals surface area contributed by atoms with Gasteiger partial charge in [-0.2, -0.15) is 0 Å². The van der Waals surface area contributed by atoms with Crippen LogP contribution in [0.3, 0.4) is 0 Å². The van der Waals surface area contributed by atoms with E-state index in [0.29, 0.717) is 24.1 Å². The second-order valence-corrected chi connectivity index (χ2v) is 15.0. The van der Waals surface area contributed by atoms with Gasteiger partial charge in [-0.3, -0.25) is 9.36 Å². The van der Waals surface area contributed by atoms with E-state index in [2.05, 4.69) is 19.1 Å². The number of nitrogens with zero attached hydrogens (tertiary/aromatic N) is 1. The largest absolute Gasteiger partial charge is 0.756 e. The zero-order valence-corrected chi connectivity index (χ0v) is 31.0. The summed E-state index contributed by atoms with van der Waals surface area (Å²) < 4.78 is 33.7. The van der Waals surface area contributed by atoms with Crippen molar-refractivity contribution in [3.05, 3.63) is 12.2 Å². The first-order chi connectivity index (χ1) is 21.6. The molecule has 0 aliphatic heterocycles. The molecule has 0 amide bonds. The lowest BCUT2D eigenvalue weighted by Crippen LogP contribution is -2.37. The summed E-state index contributed by atoms with van der Waals surface area (Å²) in [5.74, 6) is -0.387. The molecular formula is C36H72NO7P. The molecule has 2 unspecified atom stereocenters. The Kier molecular flexibility index (Phi) is 30.0. The van der Waals surface area contributed by atoms with Gasteiger partial charge in [0.15, 0.2) is 0 Å². The average Bonchev–Trinajstić information content (AvgIpc) is 2.97. The summed E-state index contributed by atoms with van der Waals surface area (Å²) in [4.78, 5) is 24.1. The maximum Gasteiger partial charge on any atom is 0.306 e. The average molecular weight is 662 g/mol. The Morgan fingerprint density at radius 1 is 0.667 bits per heavy atom. The number of phosphoric acid groups is 1. The number of esters is 1. The molecule has 9 heteroatoms. The molecule has 0 bridgehead atoms. The van der Waals surface area contributed by atoms with E-state index in [0.717, 1.165) is 12.8 Å². The molecule has 0 N–H and O–H groups in total. The third-order valence-corrected chi connectivity index (χ3v) is 8.75. The Morgan fingerprint density at radius 2 is 1.16 bits per heavy atom. The molecule has 2 atom stereocenters. The van der Waals surface area contributed by atoms with Gasteiger partial charge in [-0.25, -0.2) is 0 Å². The smallest absolute Gasteiger partial charge is 0.306 e. The van der Waals surface area contributed by atoms with Crippen LogP contribution in [-0.2, 0) is 27.9 Å². The Labute approximate surface area is 278 Å². The second-order valence-electron chi connectivity index (χ2n) is 13.6. The second kappa shape index (κ2) is 30.6. The lowest BCUT2D eigenvalue weighted by molar-refractivity contribution is -0.870. The summed E-state index contributed by atoms with van der Waals surface area (Å²) in [6.07, 6.45) is 31.0. The molecule has 0 saturated carbocycles. The molecule has 8 nitrogen and oxygen atoms in total. The van der Waals surface area contributed by atoms with Gasteiger partial charge in [0.2, 0.25) is 0 Å². The van der Waals surface area contributed by atoms with E-state index < -0.39 is 13.9 Å². The van der Waals surface area contributed by atoms with E-state index in [1.165, 1.54) is 116 Å². The predicted octanol–water partition coefficient (Wildman–Crippen LogP) is 9.30. The fourth-order valence-electron chi connectivity index (χ4n) is 4.93. The molecule has 0 aromatic carbocycles. The van der Waals surface area contributed by atoms with E-state index in [1.54, 1.807) is 0 Å². The number of ether oxygens (including phenoxy) is 2. The Balaban J connectivity index is 3.75. The van der Waals surface area contributed by atoms with Gasteiger partial charge in [0.25, 0.3) is 7.82 Å². The van der Waals surface area contributed by atoms with Crippen LogP contribution in [0.25, 0.3) is 0 Å². The summed E-state index contributed by atoms with van der Waals surface area (Å²) >= 11 is 0. The van der Waals surface area contributed by atoms with Gasteiger partial charge in [0, 0.05) is 13.0 Å². The van der Waals surface area contributed by atoms with Crippen molar-refractivity contribution in [3.8, 4) is 0 Å². The standard InChI is InChI=1S/C36H72NO7P/c1-6-8-9-10-11-12-13-14-15-16-17-18-19-20-21-22-23-24-25-26-27-28-31-41-33-35(44-36(38)29-7-2)34-43-45(39,40)42-32-30-37(3,4)5/h16-17,35H,6-15,18-34H2,1-5H3/b17-16-. The highest BCUT2D eigenvalue weighted by Crippen LogP contribution is 2.38. The van der Waals surface area contributed by atoms with Crippen LogP contribution in [0.1, 0.15) is 155 Å². The van der Waals surface area contributed by atoms with Crippen molar-refractivity contribution in [2.24, 2.45) is 0 Å². The van der Waals surface area contributed by atoms with E-state index in [-0.39, 0.29) is 32.2 Å². The van der Waals surface area contributed by atoms with Gasteiger partial charge >= 0.3 is 5.97 Å². The Hall–Kier alpha value is -0.760. The van der Waals surface area contributed by atoms with Crippen molar-refractivity contribution in [1.29, 1.82) is 0 Å². The fraction of sp³-hybridized carbons (Fsp3) is 0.917. The molecule has 0 aliphatic carbocycles. The van der Waals surface area contributed by atoms with Crippen LogP contribution in [0.5, 0.6) is 0 Å². The van der Waals surface area contributed by atoms with Gasteiger partial charge in [0.1, 0.15) is 19.3 Å². The van der Waals surface area contributed by atoms with Crippen molar-refractivity contribution >= 4 is 13.8 Å². The van der Waals surface area contributed by atoms with Crippen molar-refractivity contribution in [2.45, 2.75) is 161 Å². The van der Waals surface area contributed by atoms with E-state index in [4.69, 9.17) is 18.5 Å². The lowest BCUT2D eigenvalue weighted by Gasteiger charge is -2.28. The first kappa shape index (κ1) is 44.2. The summed E-state index contributed by atoms with van der Waals surface area (Å²) in [7, 11) is 1.35. The highest BCUT2D eigenvalue weighted by Gasteiger charge is 2.20. The fourth-order valence-corrected chi connectivity index (χ4v) is 5.66. The van der Waals surface area contributed by atoms with E-state index in [1.807, 2.05) is 28.1 Å². The number of hydrogen-bond acceptors (Lipinski definition) is 7. The maximum atomic E-state index is 12.1. The number of allylic oxidation sites excluding steroid dienone is 2. The normalized spacial score (nSPS) is 14.2. The molecule has 0 spiro atoms. The van der Waals surface area contributed by atoms with Gasteiger partial charge in [0.05, 0.1) is 34.4 Å². The SMILES string of the molecule is CCCCCCCCCC/C=C\CCCCCCCCCCCCOCC(COP(=O)([O-])OCC[N+](C)(C)C)OC(=O)CCC. The van der Waals surface area contributed by atoms with Crippen molar-refractivity contribution in [2.75, 3.05) is 54.1 Å². The molecule has 0 aliphatic rings. The first-order valence-electron chi connectivity index (χ1n) is 18.4. The molecule has 0 rings (SSSR count). The number of carbonyl (C=O) groups excluding carboxylic acids is 1. The lowest BCUT2D eigenvalue weighted by atomic mass is 10.1. The molecule has 0 aromatic heterocycles. The van der Waals surface area contributed by atoms with Crippen LogP contribution in [0.15, 0.2) is 12.2 Å². The van der Waals surface area contributed by atoms with Crippen LogP contribution in [-0.4, -0.2) is 70.7 Å². The van der Waals surface area contributed by atoms with Gasteiger partial charge < -0.3 is 27.9 Å². The van der Waals surface area contributed by atoms with E-state index >= 15 is 0 Å². The van der Waals surface area contributed by atoms with Crippen molar-refractivity contribution in [1.82, 2.24) is 0 Å². The molecule has 268 valence electrons. The predicted molar refractivity (Wildman–Crippen MR) is 185 cm³/mol. The minimum atomic E-state index is -4.48. The molecule has 0 saturated heterocycles. The minimum absolute atomic E-state index is 0.0262. The number of carbonyl (C=O) groups is 1. The summed E-state index contributed by atoms with van der Waals surface area (Å²) in [6.45, 7) is 5.04. The molecule has 0 aromatic rings. The summed E-state index contributed by atoms with van der Waals surface area (Å²) in [5, 5.41) is 0. The highest BCUT2D eigenvalue weighted by atomic mass is 31.2. The van der Waals surface area contributed by atoms with Crippen LogP contribution in [0, 0.1) is 0 Å².